The third-order valence-electron chi connectivity index (χ3n) is 4.22. The Morgan fingerprint density at radius 1 is 1.29 bits per heavy atom. The Hall–Kier alpha value is -1.13. The second-order valence-electron chi connectivity index (χ2n) is 6.13. The summed E-state index contributed by atoms with van der Waals surface area (Å²) in [7, 11) is 1.55. The molecule has 0 saturated carbocycles. The molecule has 1 aliphatic rings. The summed E-state index contributed by atoms with van der Waals surface area (Å²) < 4.78 is 19.0. The molecule has 1 heterocycles. The fourth-order valence-corrected chi connectivity index (χ4v) is 2.94. The summed E-state index contributed by atoms with van der Waals surface area (Å²) >= 11 is 0. The van der Waals surface area contributed by atoms with Gasteiger partial charge in [0.25, 0.3) is 0 Å². The molecule has 1 aromatic carbocycles. The molecule has 2 atom stereocenters. The highest BCUT2D eigenvalue weighted by atomic mass is 19.1. The third kappa shape index (κ3) is 4.68. The van der Waals surface area contributed by atoms with E-state index in [9.17, 15) is 4.39 Å². The highest BCUT2D eigenvalue weighted by molar-refractivity contribution is 5.30. The fourth-order valence-electron chi connectivity index (χ4n) is 2.94. The van der Waals surface area contributed by atoms with Crippen molar-refractivity contribution in [2.24, 2.45) is 5.92 Å². The topological polar surface area (TPSA) is 24.5 Å². The van der Waals surface area contributed by atoms with Gasteiger partial charge in [-0.25, -0.2) is 4.39 Å². The average molecular weight is 294 g/mol. The van der Waals surface area contributed by atoms with E-state index in [1.807, 2.05) is 13.0 Å². The zero-order chi connectivity index (χ0) is 15.2. The van der Waals surface area contributed by atoms with Crippen LogP contribution in [0.4, 0.5) is 4.39 Å². The number of halogens is 1. The molecule has 4 heteroatoms. The van der Waals surface area contributed by atoms with Crippen molar-refractivity contribution in [3.8, 4) is 5.75 Å². The van der Waals surface area contributed by atoms with Gasteiger partial charge in [0.2, 0.25) is 0 Å². The number of nitrogens with zero attached hydrogens (tertiary/aromatic N) is 1. The second-order valence-corrected chi connectivity index (χ2v) is 6.13. The Kier molecular flexibility index (Phi) is 6.00. The van der Waals surface area contributed by atoms with E-state index < -0.39 is 0 Å². The first-order chi connectivity index (χ1) is 10.1. The summed E-state index contributed by atoms with van der Waals surface area (Å²) in [5.74, 6) is 0.930. The van der Waals surface area contributed by atoms with Crippen LogP contribution in [0.15, 0.2) is 18.2 Å². The predicted octanol–water partition coefficient (Wildman–Crippen LogP) is 3.22. The Balaban J connectivity index is 1.81. The van der Waals surface area contributed by atoms with E-state index in [0.29, 0.717) is 17.2 Å². The average Bonchev–Trinajstić information content (AvgIpc) is 2.97. The van der Waals surface area contributed by atoms with Gasteiger partial charge in [0.15, 0.2) is 0 Å². The van der Waals surface area contributed by atoms with Gasteiger partial charge in [-0.05, 0) is 51.4 Å². The molecule has 2 unspecified atom stereocenters. The molecular formula is C17H27FN2O. The molecule has 21 heavy (non-hydrogen) atoms. The predicted molar refractivity (Wildman–Crippen MR) is 84.2 cm³/mol. The molecule has 1 aliphatic heterocycles. The third-order valence-corrected chi connectivity index (χ3v) is 4.22. The summed E-state index contributed by atoms with van der Waals surface area (Å²) in [4.78, 5) is 2.52. The number of ether oxygens (including phenoxy) is 1. The first kappa shape index (κ1) is 16.2. The van der Waals surface area contributed by atoms with Gasteiger partial charge in [0, 0.05) is 24.2 Å². The molecule has 0 radical (unpaired) electrons. The van der Waals surface area contributed by atoms with Crippen molar-refractivity contribution >= 4 is 0 Å². The first-order valence-electron chi connectivity index (χ1n) is 7.89. The van der Waals surface area contributed by atoms with Crippen LogP contribution in [-0.4, -0.2) is 38.2 Å². The van der Waals surface area contributed by atoms with E-state index in [0.717, 1.165) is 13.1 Å². The number of benzene rings is 1. The molecule has 0 bridgehead atoms. The van der Waals surface area contributed by atoms with Crippen LogP contribution in [0.5, 0.6) is 5.75 Å². The number of methoxy groups -OCH3 is 1. The van der Waals surface area contributed by atoms with Crippen molar-refractivity contribution in [2.45, 2.75) is 32.7 Å². The summed E-state index contributed by atoms with van der Waals surface area (Å²) in [6, 6.07) is 5.07. The standard InChI is InChI=1S/C17H27FN2O/c1-13(12-20-8-4-5-9-20)11-19-14(2)16-7-6-15(21-3)10-17(16)18/h6-7,10,13-14,19H,4-5,8-9,11-12H2,1-3H3. The Labute approximate surface area is 127 Å². The van der Waals surface area contributed by atoms with Crippen LogP contribution in [0.3, 0.4) is 0 Å². The molecule has 0 spiro atoms. The van der Waals surface area contributed by atoms with E-state index in [1.54, 1.807) is 13.2 Å². The number of nitrogens with one attached hydrogen (secondary N) is 1. The molecule has 1 N–H and O–H groups in total. The maximum absolute atomic E-state index is 14.0. The van der Waals surface area contributed by atoms with Gasteiger partial charge in [-0.3, -0.25) is 0 Å². The highest BCUT2D eigenvalue weighted by Crippen LogP contribution is 2.22. The van der Waals surface area contributed by atoms with E-state index in [2.05, 4.69) is 17.1 Å². The molecule has 0 aliphatic carbocycles. The van der Waals surface area contributed by atoms with Crippen molar-refractivity contribution in [2.75, 3.05) is 33.3 Å². The van der Waals surface area contributed by atoms with E-state index in [-0.39, 0.29) is 11.9 Å². The minimum Gasteiger partial charge on any atom is -0.497 e. The summed E-state index contributed by atoms with van der Waals surface area (Å²) in [5, 5.41) is 3.44. The van der Waals surface area contributed by atoms with Crippen LogP contribution in [0, 0.1) is 11.7 Å². The van der Waals surface area contributed by atoms with Gasteiger partial charge in [0.1, 0.15) is 11.6 Å². The van der Waals surface area contributed by atoms with Crippen molar-refractivity contribution in [1.82, 2.24) is 10.2 Å². The lowest BCUT2D eigenvalue weighted by atomic mass is 10.1. The van der Waals surface area contributed by atoms with Gasteiger partial charge in [0.05, 0.1) is 7.11 Å². The number of hydrogen-bond donors (Lipinski definition) is 1. The largest absolute Gasteiger partial charge is 0.497 e. The quantitative estimate of drug-likeness (QED) is 0.835. The van der Waals surface area contributed by atoms with Gasteiger partial charge in [-0.15, -0.1) is 0 Å². The van der Waals surface area contributed by atoms with Crippen LogP contribution >= 0.6 is 0 Å². The lowest BCUT2D eigenvalue weighted by molar-refractivity contribution is 0.278. The number of hydrogen-bond acceptors (Lipinski definition) is 3. The molecule has 0 amide bonds. The van der Waals surface area contributed by atoms with Crippen LogP contribution in [-0.2, 0) is 0 Å². The van der Waals surface area contributed by atoms with E-state index in [1.165, 1.54) is 32.0 Å². The van der Waals surface area contributed by atoms with Crippen LogP contribution < -0.4 is 10.1 Å². The van der Waals surface area contributed by atoms with Gasteiger partial charge >= 0.3 is 0 Å². The first-order valence-corrected chi connectivity index (χ1v) is 7.89. The Morgan fingerprint density at radius 3 is 2.62 bits per heavy atom. The monoisotopic (exact) mass is 294 g/mol. The summed E-state index contributed by atoms with van der Waals surface area (Å²) in [5.41, 5.74) is 0.698. The molecular weight excluding hydrogens is 267 g/mol. The maximum Gasteiger partial charge on any atom is 0.131 e. The highest BCUT2D eigenvalue weighted by Gasteiger charge is 2.16. The lowest BCUT2D eigenvalue weighted by Gasteiger charge is -2.23. The summed E-state index contributed by atoms with van der Waals surface area (Å²) in [6.45, 7) is 8.75. The number of likely N-dealkylation sites (tertiary alicyclic amines) is 1. The van der Waals surface area contributed by atoms with Crippen LogP contribution in [0.1, 0.15) is 38.3 Å². The Bertz CT molecular complexity index is 446. The van der Waals surface area contributed by atoms with Crippen LogP contribution in [0.2, 0.25) is 0 Å². The zero-order valence-electron chi connectivity index (χ0n) is 13.4. The van der Waals surface area contributed by atoms with Gasteiger partial charge in [-0.1, -0.05) is 13.0 Å². The molecule has 1 aromatic rings. The van der Waals surface area contributed by atoms with Crippen LogP contribution in [0.25, 0.3) is 0 Å². The zero-order valence-corrected chi connectivity index (χ0v) is 13.4. The van der Waals surface area contributed by atoms with E-state index in [4.69, 9.17) is 4.74 Å². The van der Waals surface area contributed by atoms with Crippen molar-refractivity contribution in [3.63, 3.8) is 0 Å². The van der Waals surface area contributed by atoms with Gasteiger partial charge in [-0.2, -0.15) is 0 Å². The molecule has 1 saturated heterocycles. The molecule has 0 aromatic heterocycles. The molecule has 118 valence electrons. The second kappa shape index (κ2) is 7.76. The molecule has 3 nitrogen and oxygen atoms in total. The SMILES string of the molecule is COc1ccc(C(C)NCC(C)CN2CCCC2)c(F)c1. The fraction of sp³-hybridized carbons (Fsp3) is 0.647. The minimum absolute atomic E-state index is 0.0111. The summed E-state index contributed by atoms with van der Waals surface area (Å²) in [6.07, 6.45) is 2.65. The lowest BCUT2D eigenvalue weighted by Crippen LogP contribution is -2.32. The normalized spacial score (nSPS) is 18.7. The Morgan fingerprint density at radius 2 is 2.00 bits per heavy atom. The molecule has 2 rings (SSSR count). The van der Waals surface area contributed by atoms with Crippen molar-refractivity contribution in [1.29, 1.82) is 0 Å². The molecule has 1 fully saturated rings. The van der Waals surface area contributed by atoms with Crippen molar-refractivity contribution in [3.05, 3.63) is 29.6 Å². The van der Waals surface area contributed by atoms with E-state index >= 15 is 0 Å². The van der Waals surface area contributed by atoms with Gasteiger partial charge < -0.3 is 15.0 Å². The smallest absolute Gasteiger partial charge is 0.131 e. The number of rotatable bonds is 7. The maximum atomic E-state index is 14.0. The minimum atomic E-state index is -0.207. The van der Waals surface area contributed by atoms with Crippen molar-refractivity contribution < 1.29 is 9.13 Å².